The Morgan fingerprint density at radius 3 is 2.46 bits per heavy atom. The zero-order chi connectivity index (χ0) is 19.7. The Bertz CT molecular complexity index is 884. The van der Waals surface area contributed by atoms with Crippen molar-refractivity contribution < 1.29 is 9.59 Å². The van der Waals surface area contributed by atoms with Crippen molar-refractivity contribution in [3.63, 3.8) is 0 Å². The molecule has 7 nitrogen and oxygen atoms in total. The van der Waals surface area contributed by atoms with Gasteiger partial charge in [-0.1, -0.05) is 17.8 Å². The minimum atomic E-state index is 0.0816. The van der Waals surface area contributed by atoms with Crippen molar-refractivity contribution in [1.82, 2.24) is 24.6 Å². The molecular formula is C20H25N5O2S. The maximum absolute atomic E-state index is 12.6. The Hall–Kier alpha value is -2.35. The van der Waals surface area contributed by atoms with Gasteiger partial charge in [-0.25, -0.2) is 0 Å². The van der Waals surface area contributed by atoms with Gasteiger partial charge in [-0.2, -0.15) is 0 Å². The van der Waals surface area contributed by atoms with Gasteiger partial charge in [-0.05, 0) is 49.9 Å². The standard InChI is InChI=1S/C20H25N5O2S/c1-14-3-6-17(11-15(14)2)25-13-21-22-20(25)28-12-18(26)23-7-9-24(10-8-23)19(27)16-4-5-16/h3,6,11,13,16H,4-5,7-10,12H2,1-2H3. The summed E-state index contributed by atoms with van der Waals surface area (Å²) in [6.07, 6.45) is 3.73. The van der Waals surface area contributed by atoms with Crippen LogP contribution in [0, 0.1) is 19.8 Å². The van der Waals surface area contributed by atoms with Crippen LogP contribution >= 0.6 is 11.8 Å². The first-order valence-electron chi connectivity index (χ1n) is 9.70. The van der Waals surface area contributed by atoms with E-state index in [9.17, 15) is 9.59 Å². The number of nitrogens with zero attached hydrogens (tertiary/aromatic N) is 5. The molecule has 0 unspecified atom stereocenters. The van der Waals surface area contributed by atoms with E-state index in [2.05, 4.69) is 36.2 Å². The van der Waals surface area contributed by atoms with Crippen LogP contribution in [0.1, 0.15) is 24.0 Å². The van der Waals surface area contributed by atoms with E-state index in [1.807, 2.05) is 20.4 Å². The average molecular weight is 400 g/mol. The van der Waals surface area contributed by atoms with E-state index in [1.54, 1.807) is 6.33 Å². The number of aromatic nitrogens is 3. The first kappa shape index (κ1) is 19.0. The molecule has 1 saturated carbocycles. The number of rotatable bonds is 5. The largest absolute Gasteiger partial charge is 0.339 e. The molecule has 28 heavy (non-hydrogen) atoms. The van der Waals surface area contributed by atoms with Crippen LogP contribution in [0.25, 0.3) is 5.69 Å². The Balaban J connectivity index is 1.33. The molecule has 1 aromatic heterocycles. The number of piperazine rings is 1. The minimum Gasteiger partial charge on any atom is -0.339 e. The van der Waals surface area contributed by atoms with E-state index < -0.39 is 0 Å². The minimum absolute atomic E-state index is 0.0816. The zero-order valence-corrected chi connectivity index (χ0v) is 17.1. The summed E-state index contributed by atoms with van der Waals surface area (Å²) < 4.78 is 1.91. The van der Waals surface area contributed by atoms with Crippen molar-refractivity contribution in [2.24, 2.45) is 5.92 Å². The second kappa shape index (κ2) is 7.95. The van der Waals surface area contributed by atoms with Gasteiger partial charge in [0.15, 0.2) is 5.16 Å². The third-order valence-electron chi connectivity index (χ3n) is 5.48. The third kappa shape index (κ3) is 4.06. The summed E-state index contributed by atoms with van der Waals surface area (Å²) >= 11 is 1.40. The highest BCUT2D eigenvalue weighted by Crippen LogP contribution is 2.31. The lowest BCUT2D eigenvalue weighted by atomic mass is 10.1. The van der Waals surface area contributed by atoms with Crippen molar-refractivity contribution >= 4 is 23.6 Å². The van der Waals surface area contributed by atoms with E-state index in [1.165, 1.54) is 22.9 Å². The van der Waals surface area contributed by atoms with Crippen LogP contribution in [0.15, 0.2) is 29.7 Å². The van der Waals surface area contributed by atoms with E-state index >= 15 is 0 Å². The molecule has 2 fully saturated rings. The number of thioether (sulfide) groups is 1. The SMILES string of the molecule is Cc1ccc(-n2cnnc2SCC(=O)N2CCN(C(=O)C3CC3)CC2)cc1C. The number of benzene rings is 1. The maximum atomic E-state index is 12.6. The second-order valence-corrected chi connectivity index (χ2v) is 8.46. The summed E-state index contributed by atoms with van der Waals surface area (Å²) in [6.45, 7) is 6.67. The predicted octanol–water partition coefficient (Wildman–Crippen LogP) is 2.06. The van der Waals surface area contributed by atoms with Crippen molar-refractivity contribution in [2.75, 3.05) is 31.9 Å². The van der Waals surface area contributed by atoms with Crippen molar-refractivity contribution in [3.05, 3.63) is 35.7 Å². The molecule has 0 spiro atoms. The van der Waals surface area contributed by atoms with Crippen molar-refractivity contribution in [3.8, 4) is 5.69 Å². The summed E-state index contributed by atoms with van der Waals surface area (Å²) in [6, 6.07) is 6.21. The van der Waals surface area contributed by atoms with E-state index in [0.29, 0.717) is 37.1 Å². The molecule has 2 amide bonds. The average Bonchev–Trinajstić information content (AvgIpc) is 3.46. The fraction of sp³-hybridized carbons (Fsp3) is 0.500. The van der Waals surface area contributed by atoms with E-state index in [0.717, 1.165) is 18.5 Å². The number of carbonyl (C=O) groups is 2. The zero-order valence-electron chi connectivity index (χ0n) is 16.3. The Morgan fingerprint density at radius 2 is 1.79 bits per heavy atom. The summed E-state index contributed by atoms with van der Waals surface area (Å²) in [5.74, 6) is 0.913. The molecule has 148 valence electrons. The van der Waals surface area contributed by atoms with Crippen LogP contribution in [-0.2, 0) is 9.59 Å². The molecule has 0 bridgehead atoms. The van der Waals surface area contributed by atoms with Gasteiger partial charge >= 0.3 is 0 Å². The van der Waals surface area contributed by atoms with Crippen LogP contribution < -0.4 is 0 Å². The molecular weight excluding hydrogens is 374 g/mol. The lowest BCUT2D eigenvalue weighted by molar-refractivity contribution is -0.139. The molecule has 2 aliphatic rings. The van der Waals surface area contributed by atoms with Gasteiger partial charge in [0.1, 0.15) is 6.33 Å². The lowest BCUT2D eigenvalue weighted by Gasteiger charge is -2.34. The molecule has 1 saturated heterocycles. The highest BCUT2D eigenvalue weighted by atomic mass is 32.2. The number of amides is 2. The normalized spacial score (nSPS) is 17.1. The fourth-order valence-corrected chi connectivity index (χ4v) is 4.19. The molecule has 1 aliphatic carbocycles. The predicted molar refractivity (Wildman–Crippen MR) is 107 cm³/mol. The van der Waals surface area contributed by atoms with E-state index in [4.69, 9.17) is 0 Å². The van der Waals surface area contributed by atoms with Gasteiger partial charge in [0.05, 0.1) is 5.75 Å². The van der Waals surface area contributed by atoms with Crippen LogP contribution in [-0.4, -0.2) is 68.3 Å². The summed E-state index contributed by atoms with van der Waals surface area (Å²) in [4.78, 5) is 28.5. The smallest absolute Gasteiger partial charge is 0.233 e. The molecule has 0 N–H and O–H groups in total. The van der Waals surface area contributed by atoms with Crippen LogP contribution in [0.2, 0.25) is 0 Å². The van der Waals surface area contributed by atoms with Crippen LogP contribution in [0.3, 0.4) is 0 Å². The van der Waals surface area contributed by atoms with Gasteiger partial charge in [0.25, 0.3) is 0 Å². The monoisotopic (exact) mass is 399 g/mol. The Labute approximate surface area is 169 Å². The first-order chi connectivity index (χ1) is 13.5. The molecule has 0 radical (unpaired) electrons. The third-order valence-corrected chi connectivity index (χ3v) is 6.41. The Morgan fingerprint density at radius 1 is 1.07 bits per heavy atom. The van der Waals surface area contributed by atoms with Crippen molar-refractivity contribution in [2.45, 2.75) is 31.8 Å². The second-order valence-electron chi connectivity index (χ2n) is 7.52. The molecule has 8 heteroatoms. The number of carbonyl (C=O) groups excluding carboxylic acids is 2. The summed E-state index contributed by atoms with van der Waals surface area (Å²) in [5.41, 5.74) is 3.44. The Kier molecular flexibility index (Phi) is 5.39. The quantitative estimate of drug-likeness (QED) is 0.720. The first-order valence-corrected chi connectivity index (χ1v) is 10.7. The number of hydrogen-bond acceptors (Lipinski definition) is 5. The number of hydrogen-bond donors (Lipinski definition) is 0. The molecule has 4 rings (SSSR count). The van der Waals surface area contributed by atoms with E-state index in [-0.39, 0.29) is 17.7 Å². The molecule has 2 heterocycles. The topological polar surface area (TPSA) is 71.3 Å². The van der Waals surface area contributed by atoms with Gasteiger partial charge in [0, 0.05) is 37.8 Å². The lowest BCUT2D eigenvalue weighted by Crippen LogP contribution is -2.51. The molecule has 1 aliphatic heterocycles. The van der Waals surface area contributed by atoms with Crippen molar-refractivity contribution in [1.29, 1.82) is 0 Å². The van der Waals surface area contributed by atoms with Gasteiger partial charge < -0.3 is 9.80 Å². The highest BCUT2D eigenvalue weighted by molar-refractivity contribution is 7.99. The van der Waals surface area contributed by atoms with Gasteiger partial charge in [0.2, 0.25) is 11.8 Å². The summed E-state index contributed by atoms with van der Waals surface area (Å²) in [5, 5.41) is 8.90. The molecule has 1 aromatic carbocycles. The molecule has 0 atom stereocenters. The maximum Gasteiger partial charge on any atom is 0.233 e. The van der Waals surface area contributed by atoms with Crippen LogP contribution in [0.5, 0.6) is 0 Å². The molecule has 2 aromatic rings. The summed E-state index contributed by atoms with van der Waals surface area (Å²) in [7, 11) is 0. The fourth-order valence-electron chi connectivity index (χ4n) is 3.36. The number of aryl methyl sites for hydroxylation is 2. The highest BCUT2D eigenvalue weighted by Gasteiger charge is 2.35. The van der Waals surface area contributed by atoms with Gasteiger partial charge in [-0.3, -0.25) is 14.2 Å². The van der Waals surface area contributed by atoms with Crippen LogP contribution in [0.4, 0.5) is 0 Å². The van der Waals surface area contributed by atoms with Gasteiger partial charge in [-0.15, -0.1) is 10.2 Å².